The highest BCUT2D eigenvalue weighted by atomic mass is 16.3. The summed E-state index contributed by atoms with van der Waals surface area (Å²) in [6.07, 6.45) is 14.4. The Morgan fingerprint density at radius 3 is 2.26 bits per heavy atom. The van der Waals surface area contributed by atoms with E-state index in [1.165, 1.54) is 64.1 Å². The van der Waals surface area contributed by atoms with Crippen LogP contribution >= 0.6 is 0 Å². The van der Waals surface area contributed by atoms with E-state index in [1.807, 2.05) is 7.05 Å². The molecule has 0 fully saturated rings. The van der Waals surface area contributed by atoms with Crippen LogP contribution in [0.2, 0.25) is 0 Å². The lowest BCUT2D eigenvalue weighted by Crippen LogP contribution is -2.24. The third-order valence-corrected chi connectivity index (χ3v) is 3.93. The van der Waals surface area contributed by atoms with Gasteiger partial charge in [0.2, 0.25) is 5.89 Å². The smallest absolute Gasteiger partial charge is 0.273 e. The maximum Gasteiger partial charge on any atom is 0.273 e. The molecule has 132 valence electrons. The van der Waals surface area contributed by atoms with Gasteiger partial charge >= 0.3 is 0 Å². The number of nitrogens with one attached hydrogen (secondary N) is 2. The highest BCUT2D eigenvalue weighted by Gasteiger charge is 2.10. The SMILES string of the molecule is CCCCCCCCCCCCNC(=O)c1coc(CNC)n1. The third kappa shape index (κ3) is 9.39. The van der Waals surface area contributed by atoms with E-state index in [4.69, 9.17) is 4.42 Å². The molecule has 1 amide bonds. The van der Waals surface area contributed by atoms with Gasteiger partial charge in [0.15, 0.2) is 5.69 Å². The van der Waals surface area contributed by atoms with Crippen LogP contribution in [-0.4, -0.2) is 24.5 Å². The maximum atomic E-state index is 11.9. The summed E-state index contributed by atoms with van der Waals surface area (Å²) in [5, 5.41) is 5.84. The summed E-state index contributed by atoms with van der Waals surface area (Å²) < 4.78 is 5.20. The number of hydrogen-bond acceptors (Lipinski definition) is 4. The van der Waals surface area contributed by atoms with Crippen molar-refractivity contribution in [3.05, 3.63) is 17.8 Å². The molecule has 0 unspecified atom stereocenters. The van der Waals surface area contributed by atoms with Gasteiger partial charge in [-0.3, -0.25) is 4.79 Å². The molecule has 5 heteroatoms. The molecular formula is C18H33N3O2. The van der Waals surface area contributed by atoms with Gasteiger partial charge in [-0.2, -0.15) is 0 Å². The molecule has 0 radical (unpaired) electrons. The summed E-state index contributed by atoms with van der Waals surface area (Å²) in [5.74, 6) is 0.392. The Hall–Kier alpha value is -1.36. The second-order valence-corrected chi connectivity index (χ2v) is 6.09. The fourth-order valence-electron chi connectivity index (χ4n) is 2.55. The first-order chi connectivity index (χ1) is 11.3. The van der Waals surface area contributed by atoms with Crippen molar-refractivity contribution in [1.29, 1.82) is 0 Å². The van der Waals surface area contributed by atoms with Crippen molar-refractivity contribution in [2.75, 3.05) is 13.6 Å². The molecule has 23 heavy (non-hydrogen) atoms. The quantitative estimate of drug-likeness (QED) is 0.507. The summed E-state index contributed by atoms with van der Waals surface area (Å²) in [4.78, 5) is 16.0. The maximum absolute atomic E-state index is 11.9. The van der Waals surface area contributed by atoms with Crippen LogP contribution in [0.1, 0.15) is 87.5 Å². The molecule has 1 aromatic heterocycles. The first kappa shape index (κ1) is 19.7. The zero-order valence-corrected chi connectivity index (χ0v) is 14.8. The van der Waals surface area contributed by atoms with Crippen LogP contribution in [0, 0.1) is 0 Å². The van der Waals surface area contributed by atoms with Crippen LogP contribution < -0.4 is 10.6 Å². The van der Waals surface area contributed by atoms with E-state index in [-0.39, 0.29) is 5.91 Å². The number of amides is 1. The lowest BCUT2D eigenvalue weighted by molar-refractivity contribution is 0.0948. The molecule has 2 N–H and O–H groups in total. The fourth-order valence-corrected chi connectivity index (χ4v) is 2.55. The number of nitrogens with zero attached hydrogens (tertiary/aromatic N) is 1. The van der Waals surface area contributed by atoms with E-state index < -0.39 is 0 Å². The normalized spacial score (nSPS) is 10.9. The molecule has 0 aromatic carbocycles. The number of carbonyl (C=O) groups excluding carboxylic acids is 1. The van der Waals surface area contributed by atoms with E-state index in [0.29, 0.717) is 24.7 Å². The minimum absolute atomic E-state index is 0.146. The molecule has 0 saturated carbocycles. The van der Waals surface area contributed by atoms with Crippen molar-refractivity contribution >= 4 is 5.91 Å². The van der Waals surface area contributed by atoms with Crippen molar-refractivity contribution in [3.63, 3.8) is 0 Å². The van der Waals surface area contributed by atoms with Crippen LogP contribution in [0.15, 0.2) is 10.7 Å². The van der Waals surface area contributed by atoms with E-state index in [2.05, 4.69) is 22.5 Å². The predicted molar refractivity (Wildman–Crippen MR) is 93.4 cm³/mol. The van der Waals surface area contributed by atoms with Crippen molar-refractivity contribution in [2.24, 2.45) is 0 Å². The largest absolute Gasteiger partial charge is 0.447 e. The molecule has 0 saturated heterocycles. The number of rotatable bonds is 14. The minimum atomic E-state index is -0.146. The Kier molecular flexibility index (Phi) is 11.2. The van der Waals surface area contributed by atoms with E-state index in [1.54, 1.807) is 0 Å². The summed E-state index contributed by atoms with van der Waals surface area (Å²) >= 11 is 0. The summed E-state index contributed by atoms with van der Waals surface area (Å²) in [6.45, 7) is 3.50. The molecule has 0 aliphatic rings. The van der Waals surface area contributed by atoms with Gasteiger partial charge in [0.1, 0.15) is 6.26 Å². The monoisotopic (exact) mass is 323 g/mol. The topological polar surface area (TPSA) is 67.2 Å². The zero-order chi connectivity index (χ0) is 16.8. The molecular weight excluding hydrogens is 290 g/mol. The molecule has 1 aromatic rings. The zero-order valence-electron chi connectivity index (χ0n) is 14.8. The summed E-state index contributed by atoms with van der Waals surface area (Å²) in [7, 11) is 1.81. The first-order valence-electron chi connectivity index (χ1n) is 9.15. The van der Waals surface area contributed by atoms with Gasteiger partial charge in [0.25, 0.3) is 5.91 Å². The number of unbranched alkanes of at least 4 members (excludes halogenated alkanes) is 9. The van der Waals surface area contributed by atoms with Crippen LogP contribution in [0.3, 0.4) is 0 Å². The van der Waals surface area contributed by atoms with E-state index >= 15 is 0 Å². The van der Waals surface area contributed by atoms with Crippen molar-refractivity contribution in [2.45, 2.75) is 77.7 Å². The molecule has 0 spiro atoms. The van der Waals surface area contributed by atoms with E-state index in [0.717, 1.165) is 6.42 Å². The molecule has 1 heterocycles. The Labute approximate surface area is 140 Å². The van der Waals surface area contributed by atoms with Crippen LogP contribution in [0.4, 0.5) is 0 Å². The summed E-state index contributed by atoms with van der Waals surface area (Å²) in [5.41, 5.74) is 0.363. The van der Waals surface area contributed by atoms with Gasteiger partial charge in [-0.25, -0.2) is 4.98 Å². The molecule has 0 aliphatic heterocycles. The van der Waals surface area contributed by atoms with Gasteiger partial charge in [0.05, 0.1) is 6.54 Å². The van der Waals surface area contributed by atoms with Crippen molar-refractivity contribution in [1.82, 2.24) is 15.6 Å². The Morgan fingerprint density at radius 2 is 1.65 bits per heavy atom. The van der Waals surface area contributed by atoms with Gasteiger partial charge in [-0.1, -0.05) is 64.7 Å². The number of carbonyl (C=O) groups is 1. The lowest BCUT2D eigenvalue weighted by atomic mass is 10.1. The fraction of sp³-hybridized carbons (Fsp3) is 0.778. The Balaban J connectivity index is 1.95. The van der Waals surface area contributed by atoms with Crippen molar-refractivity contribution in [3.8, 4) is 0 Å². The average Bonchev–Trinajstić information content (AvgIpc) is 3.01. The van der Waals surface area contributed by atoms with Crippen LogP contribution in [0.25, 0.3) is 0 Å². The Morgan fingerprint density at radius 1 is 1.04 bits per heavy atom. The van der Waals surface area contributed by atoms with E-state index in [9.17, 15) is 4.79 Å². The predicted octanol–water partition coefficient (Wildman–Crippen LogP) is 4.04. The molecule has 0 aliphatic carbocycles. The van der Waals surface area contributed by atoms with Crippen LogP contribution in [0.5, 0.6) is 0 Å². The lowest BCUT2D eigenvalue weighted by Gasteiger charge is -2.04. The van der Waals surface area contributed by atoms with Gasteiger partial charge < -0.3 is 15.1 Å². The highest BCUT2D eigenvalue weighted by Crippen LogP contribution is 2.10. The van der Waals surface area contributed by atoms with Gasteiger partial charge in [-0.15, -0.1) is 0 Å². The number of hydrogen-bond donors (Lipinski definition) is 2. The second kappa shape index (κ2) is 13.1. The highest BCUT2D eigenvalue weighted by molar-refractivity contribution is 5.91. The average molecular weight is 323 g/mol. The third-order valence-electron chi connectivity index (χ3n) is 3.93. The molecule has 0 bridgehead atoms. The summed E-state index contributed by atoms with van der Waals surface area (Å²) in [6, 6.07) is 0. The number of aromatic nitrogens is 1. The van der Waals surface area contributed by atoms with Crippen molar-refractivity contribution < 1.29 is 9.21 Å². The second-order valence-electron chi connectivity index (χ2n) is 6.09. The minimum Gasteiger partial charge on any atom is -0.447 e. The standard InChI is InChI=1S/C18H33N3O2/c1-3-4-5-6-7-8-9-10-11-12-13-20-18(22)16-15-23-17(21-16)14-19-2/h15,19H,3-14H2,1-2H3,(H,20,22). The molecule has 0 atom stereocenters. The Bertz CT molecular complexity index is 418. The van der Waals surface area contributed by atoms with Gasteiger partial charge in [-0.05, 0) is 13.5 Å². The first-order valence-corrected chi connectivity index (χ1v) is 9.15. The molecule has 5 nitrogen and oxygen atoms in total. The van der Waals surface area contributed by atoms with Gasteiger partial charge in [0, 0.05) is 6.54 Å². The molecule has 1 rings (SSSR count). The van der Waals surface area contributed by atoms with Crippen LogP contribution in [-0.2, 0) is 6.54 Å². The number of oxazole rings is 1.